The second kappa shape index (κ2) is 8.05. The summed E-state index contributed by atoms with van der Waals surface area (Å²) in [5, 5.41) is 0. The van der Waals surface area contributed by atoms with Crippen molar-refractivity contribution >= 4 is 21.7 Å². The van der Waals surface area contributed by atoms with Gasteiger partial charge in [-0.15, -0.1) is 0 Å². The molecule has 0 aromatic heterocycles. The van der Waals surface area contributed by atoms with Crippen LogP contribution >= 0.6 is 0 Å². The van der Waals surface area contributed by atoms with E-state index in [1.54, 1.807) is 67.6 Å². The van der Waals surface area contributed by atoms with Crippen LogP contribution in [0.25, 0.3) is 11.1 Å². The van der Waals surface area contributed by atoms with Gasteiger partial charge >= 0.3 is 5.97 Å². The van der Waals surface area contributed by atoms with E-state index in [-0.39, 0.29) is 10.9 Å². The molecule has 3 aromatic carbocycles. The molecule has 0 saturated heterocycles. The van der Waals surface area contributed by atoms with E-state index in [1.165, 1.54) is 0 Å². The average Bonchev–Trinajstić information content (AvgIpc) is 2.69. The number of hydrogen-bond donors (Lipinski definition) is 1. The van der Waals surface area contributed by atoms with Gasteiger partial charge in [-0.3, -0.25) is 9.52 Å². The predicted molar refractivity (Wildman–Crippen MR) is 105 cm³/mol. The number of hydrogen-bond acceptors (Lipinski definition) is 4. The Bertz CT molecular complexity index is 1010. The summed E-state index contributed by atoms with van der Waals surface area (Å²) < 4.78 is 32.6. The Morgan fingerprint density at radius 2 is 1.41 bits per heavy atom. The molecule has 0 aliphatic rings. The summed E-state index contributed by atoms with van der Waals surface area (Å²) in [6.45, 7) is 1.74. The van der Waals surface area contributed by atoms with Crippen molar-refractivity contribution in [3.63, 3.8) is 0 Å². The van der Waals surface area contributed by atoms with Crippen molar-refractivity contribution in [3.8, 4) is 16.9 Å². The van der Waals surface area contributed by atoms with Gasteiger partial charge in [0.2, 0.25) is 0 Å². The van der Waals surface area contributed by atoms with Crippen LogP contribution in [0.4, 0.5) is 5.69 Å². The fourth-order valence-electron chi connectivity index (χ4n) is 2.47. The standard InChI is InChI=1S/C21H19NO4S/c1-2-21(23)26-19-12-8-16(9-13-19)17-10-14-20(15-11-17)27(24,25)22-18-6-4-3-5-7-18/h3-15,22H,2H2,1H3. The van der Waals surface area contributed by atoms with Gasteiger partial charge in [0.05, 0.1) is 4.90 Å². The fraction of sp³-hybridized carbons (Fsp3) is 0.0952. The highest BCUT2D eigenvalue weighted by Crippen LogP contribution is 2.25. The Morgan fingerprint density at radius 1 is 0.852 bits per heavy atom. The van der Waals surface area contributed by atoms with Crippen molar-refractivity contribution in [2.24, 2.45) is 0 Å². The molecule has 0 amide bonds. The second-order valence-electron chi connectivity index (χ2n) is 5.85. The number of sulfonamides is 1. The molecule has 27 heavy (non-hydrogen) atoms. The number of carbonyl (C=O) groups is 1. The van der Waals surface area contributed by atoms with Crippen LogP contribution < -0.4 is 9.46 Å². The van der Waals surface area contributed by atoms with Crippen LogP contribution in [0.3, 0.4) is 0 Å². The Balaban J connectivity index is 1.76. The van der Waals surface area contributed by atoms with Crippen molar-refractivity contribution in [3.05, 3.63) is 78.9 Å². The number of ether oxygens (including phenoxy) is 1. The summed E-state index contributed by atoms with van der Waals surface area (Å²) >= 11 is 0. The molecule has 0 radical (unpaired) electrons. The van der Waals surface area contributed by atoms with Crippen LogP contribution in [0.1, 0.15) is 13.3 Å². The minimum absolute atomic E-state index is 0.184. The molecular formula is C21H19NO4S. The third kappa shape index (κ3) is 4.74. The first-order valence-electron chi connectivity index (χ1n) is 8.47. The highest BCUT2D eigenvalue weighted by atomic mass is 32.2. The summed E-state index contributed by atoms with van der Waals surface area (Å²) in [4.78, 5) is 11.5. The normalized spacial score (nSPS) is 11.0. The Hall–Kier alpha value is -3.12. The van der Waals surface area contributed by atoms with Gasteiger partial charge in [-0.05, 0) is 47.5 Å². The molecule has 0 saturated carbocycles. The molecule has 0 spiro atoms. The zero-order valence-electron chi connectivity index (χ0n) is 14.8. The molecule has 1 N–H and O–H groups in total. The lowest BCUT2D eigenvalue weighted by atomic mass is 10.1. The Morgan fingerprint density at radius 3 is 1.96 bits per heavy atom. The SMILES string of the molecule is CCC(=O)Oc1ccc(-c2ccc(S(=O)(=O)Nc3ccccc3)cc2)cc1. The van der Waals surface area contributed by atoms with E-state index in [1.807, 2.05) is 18.2 Å². The summed E-state index contributed by atoms with van der Waals surface area (Å²) in [7, 11) is -3.64. The van der Waals surface area contributed by atoms with E-state index >= 15 is 0 Å². The van der Waals surface area contributed by atoms with E-state index in [4.69, 9.17) is 4.74 Å². The quantitative estimate of drug-likeness (QED) is 0.505. The van der Waals surface area contributed by atoms with Crippen LogP contribution in [0.15, 0.2) is 83.8 Å². The summed E-state index contributed by atoms with van der Waals surface area (Å²) in [5.74, 6) is 0.195. The second-order valence-corrected chi connectivity index (χ2v) is 7.53. The first kappa shape index (κ1) is 18.7. The van der Waals surface area contributed by atoms with Gasteiger partial charge in [0.15, 0.2) is 0 Å². The maximum Gasteiger partial charge on any atom is 0.310 e. The van der Waals surface area contributed by atoms with Crippen LogP contribution in [0.5, 0.6) is 5.75 Å². The molecule has 0 aliphatic heterocycles. The number of para-hydroxylation sites is 1. The lowest BCUT2D eigenvalue weighted by Crippen LogP contribution is -2.12. The maximum atomic E-state index is 12.5. The van der Waals surface area contributed by atoms with Crippen molar-refractivity contribution < 1.29 is 17.9 Å². The van der Waals surface area contributed by atoms with Crippen molar-refractivity contribution in [2.75, 3.05) is 4.72 Å². The van der Waals surface area contributed by atoms with Gasteiger partial charge < -0.3 is 4.74 Å². The molecule has 0 fully saturated rings. The average molecular weight is 381 g/mol. The van der Waals surface area contributed by atoms with Gasteiger partial charge in [0.1, 0.15) is 5.75 Å². The van der Waals surface area contributed by atoms with Crippen LogP contribution in [-0.2, 0) is 14.8 Å². The van der Waals surface area contributed by atoms with E-state index in [2.05, 4.69) is 4.72 Å². The first-order valence-corrected chi connectivity index (χ1v) is 9.95. The maximum absolute atomic E-state index is 12.5. The smallest absolute Gasteiger partial charge is 0.310 e. The van der Waals surface area contributed by atoms with E-state index in [0.717, 1.165) is 11.1 Å². The largest absolute Gasteiger partial charge is 0.427 e. The molecule has 0 unspecified atom stereocenters. The van der Waals surface area contributed by atoms with Gasteiger partial charge in [-0.1, -0.05) is 49.4 Å². The lowest BCUT2D eigenvalue weighted by molar-refractivity contribution is -0.134. The monoisotopic (exact) mass is 381 g/mol. The van der Waals surface area contributed by atoms with E-state index in [9.17, 15) is 13.2 Å². The Labute approximate surface area is 158 Å². The highest BCUT2D eigenvalue weighted by molar-refractivity contribution is 7.92. The van der Waals surface area contributed by atoms with Crippen molar-refractivity contribution in [1.29, 1.82) is 0 Å². The number of benzene rings is 3. The van der Waals surface area contributed by atoms with Gasteiger partial charge in [0, 0.05) is 12.1 Å². The molecule has 0 atom stereocenters. The predicted octanol–water partition coefficient (Wildman–Crippen LogP) is 4.47. The number of nitrogens with one attached hydrogen (secondary N) is 1. The Kier molecular flexibility index (Phi) is 5.57. The number of rotatable bonds is 6. The third-order valence-corrected chi connectivity index (χ3v) is 5.30. The van der Waals surface area contributed by atoms with Crippen LogP contribution in [0.2, 0.25) is 0 Å². The molecular weight excluding hydrogens is 362 g/mol. The molecule has 0 bridgehead atoms. The van der Waals surface area contributed by atoms with E-state index in [0.29, 0.717) is 17.9 Å². The topological polar surface area (TPSA) is 72.5 Å². The lowest BCUT2D eigenvalue weighted by Gasteiger charge is -2.09. The number of esters is 1. The molecule has 3 rings (SSSR count). The molecule has 138 valence electrons. The fourth-order valence-corrected chi connectivity index (χ4v) is 3.52. The zero-order chi connectivity index (χ0) is 19.3. The van der Waals surface area contributed by atoms with Gasteiger partial charge in [-0.25, -0.2) is 8.42 Å². The first-order chi connectivity index (χ1) is 13.0. The van der Waals surface area contributed by atoms with Crippen LogP contribution in [-0.4, -0.2) is 14.4 Å². The number of anilines is 1. The summed E-state index contributed by atoms with van der Waals surface area (Å²) in [6.07, 6.45) is 0.314. The van der Waals surface area contributed by atoms with Gasteiger partial charge in [-0.2, -0.15) is 0 Å². The molecule has 6 heteroatoms. The number of carbonyl (C=O) groups excluding carboxylic acids is 1. The summed E-state index contributed by atoms with van der Waals surface area (Å²) in [6, 6.07) is 22.4. The molecule has 3 aromatic rings. The molecule has 0 aliphatic carbocycles. The van der Waals surface area contributed by atoms with Gasteiger partial charge in [0.25, 0.3) is 10.0 Å². The van der Waals surface area contributed by atoms with E-state index < -0.39 is 10.0 Å². The molecule has 5 nitrogen and oxygen atoms in total. The minimum atomic E-state index is -3.64. The molecule has 0 heterocycles. The highest BCUT2D eigenvalue weighted by Gasteiger charge is 2.14. The van der Waals surface area contributed by atoms with Crippen LogP contribution in [0, 0.1) is 0 Å². The van der Waals surface area contributed by atoms with Crippen molar-refractivity contribution in [2.45, 2.75) is 18.2 Å². The third-order valence-electron chi connectivity index (χ3n) is 3.90. The summed E-state index contributed by atoms with van der Waals surface area (Å²) in [5.41, 5.74) is 2.27. The minimum Gasteiger partial charge on any atom is -0.427 e. The zero-order valence-corrected chi connectivity index (χ0v) is 15.6. The van der Waals surface area contributed by atoms with Crippen molar-refractivity contribution in [1.82, 2.24) is 0 Å².